The van der Waals surface area contributed by atoms with Gasteiger partial charge in [0.1, 0.15) is 0 Å². The van der Waals surface area contributed by atoms with Crippen LogP contribution in [0.3, 0.4) is 0 Å². The van der Waals surface area contributed by atoms with Crippen LogP contribution in [0.4, 0.5) is 0 Å². The number of benzene rings is 1. The Kier molecular flexibility index (Phi) is 3.85. The van der Waals surface area contributed by atoms with E-state index < -0.39 is 0 Å². The second-order valence-corrected chi connectivity index (χ2v) is 5.10. The monoisotopic (exact) mass is 230 g/mol. The summed E-state index contributed by atoms with van der Waals surface area (Å²) in [7, 11) is 0. The molecule has 92 valence electrons. The molecule has 0 unspecified atom stereocenters. The summed E-state index contributed by atoms with van der Waals surface area (Å²) < 4.78 is 2.34. The van der Waals surface area contributed by atoms with Crippen LogP contribution in [-0.4, -0.2) is 4.57 Å². The lowest BCUT2D eigenvalue weighted by Gasteiger charge is -2.08. The fourth-order valence-corrected chi connectivity index (χ4v) is 2.33. The van der Waals surface area contributed by atoms with Gasteiger partial charge < -0.3 is 10.3 Å². The van der Waals surface area contributed by atoms with Crippen LogP contribution in [0.25, 0.3) is 10.9 Å². The van der Waals surface area contributed by atoms with Gasteiger partial charge in [-0.3, -0.25) is 0 Å². The van der Waals surface area contributed by atoms with Gasteiger partial charge in [-0.25, -0.2) is 0 Å². The molecular weight excluding hydrogens is 208 g/mol. The molecule has 0 bridgehead atoms. The molecule has 0 radical (unpaired) electrons. The molecule has 0 spiro atoms. The van der Waals surface area contributed by atoms with Gasteiger partial charge in [0.05, 0.1) is 0 Å². The Hall–Kier alpha value is -1.28. The van der Waals surface area contributed by atoms with Crippen molar-refractivity contribution in [3.05, 3.63) is 36.0 Å². The average Bonchev–Trinajstić information content (AvgIpc) is 2.72. The van der Waals surface area contributed by atoms with Gasteiger partial charge in [0, 0.05) is 30.2 Å². The smallest absolute Gasteiger partial charge is 0.0483 e. The molecule has 1 aromatic carbocycles. The summed E-state index contributed by atoms with van der Waals surface area (Å²) in [4.78, 5) is 0. The average molecular weight is 230 g/mol. The molecule has 0 atom stereocenters. The maximum Gasteiger partial charge on any atom is 0.0483 e. The van der Waals surface area contributed by atoms with Crippen molar-refractivity contribution in [2.24, 2.45) is 11.7 Å². The van der Waals surface area contributed by atoms with Crippen molar-refractivity contribution in [2.45, 2.75) is 39.8 Å². The minimum atomic E-state index is 0.618. The highest BCUT2D eigenvalue weighted by atomic mass is 14.9. The lowest BCUT2D eigenvalue weighted by molar-refractivity contribution is 0.518. The number of nitrogens with two attached hydrogens (primary N) is 1. The number of hydrogen-bond donors (Lipinski definition) is 1. The van der Waals surface area contributed by atoms with Crippen LogP contribution in [-0.2, 0) is 13.1 Å². The molecule has 0 aliphatic rings. The number of fused-ring (bicyclic) bond motifs is 1. The van der Waals surface area contributed by atoms with E-state index in [0.29, 0.717) is 6.54 Å². The highest BCUT2D eigenvalue weighted by Gasteiger charge is 2.04. The first-order valence-corrected chi connectivity index (χ1v) is 6.49. The fourth-order valence-electron chi connectivity index (χ4n) is 2.33. The molecule has 2 rings (SSSR count). The van der Waals surface area contributed by atoms with E-state index >= 15 is 0 Å². The molecule has 1 heterocycles. The predicted octanol–water partition coefficient (Wildman–Crippen LogP) is 3.54. The van der Waals surface area contributed by atoms with Crippen molar-refractivity contribution < 1.29 is 0 Å². The largest absolute Gasteiger partial charge is 0.347 e. The fraction of sp³-hybridized carbons (Fsp3) is 0.467. The molecule has 1 aromatic heterocycles. The zero-order valence-electron chi connectivity index (χ0n) is 10.8. The van der Waals surface area contributed by atoms with Gasteiger partial charge in [0.2, 0.25) is 0 Å². The first-order valence-electron chi connectivity index (χ1n) is 6.49. The van der Waals surface area contributed by atoms with E-state index in [1.165, 1.54) is 29.3 Å². The van der Waals surface area contributed by atoms with Crippen LogP contribution in [0.5, 0.6) is 0 Å². The molecule has 0 saturated heterocycles. The van der Waals surface area contributed by atoms with Crippen molar-refractivity contribution in [3.63, 3.8) is 0 Å². The van der Waals surface area contributed by atoms with Crippen molar-refractivity contribution in [2.75, 3.05) is 0 Å². The second kappa shape index (κ2) is 5.37. The highest BCUT2D eigenvalue weighted by molar-refractivity contribution is 5.83. The van der Waals surface area contributed by atoms with Gasteiger partial charge in [0.15, 0.2) is 0 Å². The summed E-state index contributed by atoms with van der Waals surface area (Å²) in [6.45, 7) is 6.28. The van der Waals surface area contributed by atoms with Crippen LogP contribution in [0, 0.1) is 5.92 Å². The zero-order valence-corrected chi connectivity index (χ0v) is 10.8. The summed E-state index contributed by atoms with van der Waals surface area (Å²) in [5.74, 6) is 0.788. The molecule has 0 amide bonds. The maximum absolute atomic E-state index is 5.76. The third-order valence-corrected chi connectivity index (χ3v) is 3.30. The van der Waals surface area contributed by atoms with E-state index in [0.717, 1.165) is 12.5 Å². The molecule has 0 saturated carbocycles. The number of aryl methyl sites for hydroxylation is 1. The Morgan fingerprint density at radius 3 is 2.76 bits per heavy atom. The van der Waals surface area contributed by atoms with Crippen molar-refractivity contribution in [3.8, 4) is 0 Å². The second-order valence-electron chi connectivity index (χ2n) is 5.10. The van der Waals surface area contributed by atoms with Crippen LogP contribution in [0.15, 0.2) is 30.5 Å². The van der Waals surface area contributed by atoms with Gasteiger partial charge >= 0.3 is 0 Å². The molecule has 2 aromatic rings. The topological polar surface area (TPSA) is 30.9 Å². The molecule has 2 N–H and O–H groups in total. The summed E-state index contributed by atoms with van der Waals surface area (Å²) in [5.41, 5.74) is 8.31. The molecular formula is C15H22N2. The van der Waals surface area contributed by atoms with Crippen molar-refractivity contribution >= 4 is 10.9 Å². The minimum Gasteiger partial charge on any atom is -0.347 e. The Morgan fingerprint density at radius 1 is 1.24 bits per heavy atom. The predicted molar refractivity (Wildman–Crippen MR) is 73.9 cm³/mol. The van der Waals surface area contributed by atoms with Gasteiger partial charge in [-0.05, 0) is 36.5 Å². The van der Waals surface area contributed by atoms with E-state index in [-0.39, 0.29) is 0 Å². The van der Waals surface area contributed by atoms with E-state index in [4.69, 9.17) is 5.73 Å². The summed E-state index contributed by atoms with van der Waals surface area (Å²) in [5, 5.41) is 1.31. The van der Waals surface area contributed by atoms with E-state index in [2.05, 4.69) is 48.9 Å². The van der Waals surface area contributed by atoms with Crippen LogP contribution in [0.2, 0.25) is 0 Å². The third-order valence-electron chi connectivity index (χ3n) is 3.30. The first-order chi connectivity index (χ1) is 8.22. The standard InChI is InChI=1S/C15H22N2/c1-12(2)5-4-9-17-10-8-14-13(11-16)6-3-7-15(14)17/h3,6-8,10,12H,4-5,9,11,16H2,1-2H3. The van der Waals surface area contributed by atoms with Crippen LogP contribution in [0.1, 0.15) is 32.3 Å². The maximum atomic E-state index is 5.76. The van der Waals surface area contributed by atoms with E-state index in [1.807, 2.05) is 0 Å². The summed E-state index contributed by atoms with van der Waals surface area (Å²) in [6, 6.07) is 8.58. The lowest BCUT2D eigenvalue weighted by Crippen LogP contribution is -1.99. The number of nitrogens with zero attached hydrogens (tertiary/aromatic N) is 1. The molecule has 0 aliphatic heterocycles. The van der Waals surface area contributed by atoms with Crippen LogP contribution >= 0.6 is 0 Å². The summed E-state index contributed by atoms with van der Waals surface area (Å²) in [6.07, 6.45) is 4.72. The van der Waals surface area contributed by atoms with Gasteiger partial charge in [-0.2, -0.15) is 0 Å². The molecule has 0 fully saturated rings. The van der Waals surface area contributed by atoms with Crippen LogP contribution < -0.4 is 5.73 Å². The minimum absolute atomic E-state index is 0.618. The molecule has 2 heteroatoms. The highest BCUT2D eigenvalue weighted by Crippen LogP contribution is 2.20. The normalized spacial score (nSPS) is 11.5. The SMILES string of the molecule is CC(C)CCCn1ccc2c(CN)cccc21. The van der Waals surface area contributed by atoms with Gasteiger partial charge in [-0.15, -0.1) is 0 Å². The quantitative estimate of drug-likeness (QED) is 0.837. The number of rotatable bonds is 5. The summed E-state index contributed by atoms with van der Waals surface area (Å²) >= 11 is 0. The Morgan fingerprint density at radius 2 is 2.06 bits per heavy atom. The number of hydrogen-bond acceptors (Lipinski definition) is 1. The lowest BCUT2D eigenvalue weighted by atomic mass is 10.1. The zero-order chi connectivity index (χ0) is 12.3. The Bertz CT molecular complexity index is 483. The van der Waals surface area contributed by atoms with Crippen molar-refractivity contribution in [1.29, 1.82) is 0 Å². The Labute approximate surface area is 103 Å². The number of aromatic nitrogens is 1. The van der Waals surface area contributed by atoms with Gasteiger partial charge in [-0.1, -0.05) is 26.0 Å². The van der Waals surface area contributed by atoms with E-state index in [9.17, 15) is 0 Å². The van der Waals surface area contributed by atoms with E-state index in [1.54, 1.807) is 0 Å². The molecule has 17 heavy (non-hydrogen) atoms. The van der Waals surface area contributed by atoms with Crippen molar-refractivity contribution in [1.82, 2.24) is 4.57 Å². The van der Waals surface area contributed by atoms with Gasteiger partial charge in [0.25, 0.3) is 0 Å². The molecule has 2 nitrogen and oxygen atoms in total. The Balaban J connectivity index is 2.18. The first kappa shape index (κ1) is 12.2. The third kappa shape index (κ3) is 2.70. The molecule has 0 aliphatic carbocycles.